The number of benzene rings is 1. The van der Waals surface area contributed by atoms with Crippen LogP contribution in [0.1, 0.15) is 0 Å². The molecule has 0 bridgehead atoms. The van der Waals surface area contributed by atoms with E-state index in [0.717, 1.165) is 4.47 Å². The van der Waals surface area contributed by atoms with Crippen LogP contribution in [0.3, 0.4) is 0 Å². The molecule has 0 aliphatic carbocycles. The number of halogens is 1. The third-order valence-corrected chi connectivity index (χ3v) is 1.97. The Balaban J connectivity index is 3.25. The van der Waals surface area contributed by atoms with E-state index in [1.807, 2.05) is 6.07 Å². The Labute approximate surface area is 62.0 Å². The summed E-state index contributed by atoms with van der Waals surface area (Å²) in [5.74, 6) is 0. The minimum Gasteiger partial charge on any atom is -0.398 e. The molecule has 0 atom stereocenters. The van der Waals surface area contributed by atoms with E-state index in [0.29, 0.717) is 11.4 Å². The van der Waals surface area contributed by atoms with Crippen molar-refractivity contribution in [2.24, 2.45) is 0 Å². The van der Waals surface area contributed by atoms with Gasteiger partial charge in [0.15, 0.2) is 0 Å². The molecule has 0 saturated carbocycles. The monoisotopic (exact) mass is 186 g/mol. The number of rotatable bonds is 0. The molecular formula is C6H7BrN2. The van der Waals surface area contributed by atoms with Gasteiger partial charge in [-0.2, -0.15) is 0 Å². The van der Waals surface area contributed by atoms with E-state index < -0.39 is 0 Å². The molecule has 0 aliphatic heterocycles. The maximum Gasteiger partial charge on any atom is 0.0634 e. The molecule has 0 aromatic heterocycles. The van der Waals surface area contributed by atoms with E-state index in [1.165, 1.54) is 0 Å². The fourth-order valence-corrected chi connectivity index (χ4v) is 0.833. The molecule has 0 heterocycles. The van der Waals surface area contributed by atoms with Gasteiger partial charge in [0.2, 0.25) is 0 Å². The lowest BCUT2D eigenvalue weighted by molar-refractivity contribution is 1.62. The molecular weight excluding hydrogens is 180 g/mol. The molecule has 0 fully saturated rings. The first-order chi connectivity index (χ1) is 4.22. The minimum atomic E-state index is 0.676. The molecule has 0 unspecified atom stereocenters. The molecule has 1 rings (SSSR count). The van der Waals surface area contributed by atoms with Gasteiger partial charge in [-0.05, 0) is 28.1 Å². The third-order valence-electron chi connectivity index (χ3n) is 1.06. The van der Waals surface area contributed by atoms with E-state index in [4.69, 9.17) is 11.5 Å². The zero-order valence-electron chi connectivity index (χ0n) is 4.76. The van der Waals surface area contributed by atoms with Crippen LogP contribution >= 0.6 is 15.9 Å². The Kier molecular flexibility index (Phi) is 1.62. The van der Waals surface area contributed by atoms with Crippen LogP contribution in [-0.4, -0.2) is 0 Å². The molecule has 0 radical (unpaired) electrons. The second-order valence-electron chi connectivity index (χ2n) is 1.75. The van der Waals surface area contributed by atoms with Gasteiger partial charge in [0.1, 0.15) is 0 Å². The van der Waals surface area contributed by atoms with Crippen LogP contribution in [0.15, 0.2) is 22.7 Å². The van der Waals surface area contributed by atoms with Crippen molar-refractivity contribution in [1.29, 1.82) is 0 Å². The Morgan fingerprint density at radius 1 is 1.11 bits per heavy atom. The van der Waals surface area contributed by atoms with Gasteiger partial charge in [0.05, 0.1) is 4.47 Å². The molecule has 0 spiro atoms. The maximum atomic E-state index is 5.49. The number of nitrogens with two attached hydrogens (primary N) is 2. The highest BCUT2D eigenvalue weighted by molar-refractivity contribution is 9.10. The summed E-state index contributed by atoms with van der Waals surface area (Å²) in [7, 11) is 0. The van der Waals surface area contributed by atoms with Gasteiger partial charge in [-0.1, -0.05) is 6.07 Å². The van der Waals surface area contributed by atoms with Crippen molar-refractivity contribution in [1.82, 2.24) is 0 Å². The summed E-state index contributed by atoms with van der Waals surface area (Å²) in [6.07, 6.45) is 0. The van der Waals surface area contributed by atoms with Crippen molar-refractivity contribution in [2.45, 2.75) is 0 Å². The SMILES string of the molecule is Nc1cccc(N)c1Br. The van der Waals surface area contributed by atoms with Crippen molar-refractivity contribution in [2.75, 3.05) is 11.5 Å². The summed E-state index contributed by atoms with van der Waals surface area (Å²) >= 11 is 3.23. The standard InChI is InChI=1S/C6H7BrN2/c7-6-4(8)2-1-3-5(6)9/h1-3H,8-9H2. The Morgan fingerprint density at radius 3 is 1.89 bits per heavy atom. The van der Waals surface area contributed by atoms with Crippen molar-refractivity contribution < 1.29 is 0 Å². The second-order valence-corrected chi connectivity index (χ2v) is 2.54. The van der Waals surface area contributed by atoms with Gasteiger partial charge in [0, 0.05) is 11.4 Å². The van der Waals surface area contributed by atoms with Gasteiger partial charge >= 0.3 is 0 Å². The summed E-state index contributed by atoms with van der Waals surface area (Å²) in [6.45, 7) is 0. The molecule has 1 aromatic rings. The summed E-state index contributed by atoms with van der Waals surface area (Å²) in [6, 6.07) is 5.40. The molecule has 0 saturated heterocycles. The third kappa shape index (κ3) is 1.16. The Hall–Kier alpha value is -0.700. The van der Waals surface area contributed by atoms with Crippen LogP contribution in [0.25, 0.3) is 0 Å². The van der Waals surface area contributed by atoms with Crippen LogP contribution in [0, 0.1) is 0 Å². The average Bonchev–Trinajstić information content (AvgIpc) is 1.83. The molecule has 0 aliphatic rings. The molecule has 3 heteroatoms. The highest BCUT2D eigenvalue weighted by Crippen LogP contribution is 2.24. The van der Waals surface area contributed by atoms with Crippen molar-refractivity contribution in [3.63, 3.8) is 0 Å². The quantitative estimate of drug-likeness (QED) is 0.606. The first kappa shape index (κ1) is 6.42. The fraction of sp³-hybridized carbons (Fsp3) is 0. The molecule has 0 amide bonds. The van der Waals surface area contributed by atoms with Crippen LogP contribution in [0.5, 0.6) is 0 Å². The molecule has 4 N–H and O–H groups in total. The predicted octanol–water partition coefficient (Wildman–Crippen LogP) is 1.61. The van der Waals surface area contributed by atoms with E-state index in [2.05, 4.69) is 15.9 Å². The maximum absolute atomic E-state index is 5.49. The number of anilines is 2. The molecule has 1 aromatic carbocycles. The second kappa shape index (κ2) is 2.27. The zero-order valence-corrected chi connectivity index (χ0v) is 6.35. The van der Waals surface area contributed by atoms with E-state index in [9.17, 15) is 0 Å². The van der Waals surface area contributed by atoms with Crippen molar-refractivity contribution in [3.8, 4) is 0 Å². The summed E-state index contributed by atoms with van der Waals surface area (Å²) in [5.41, 5.74) is 12.3. The highest BCUT2D eigenvalue weighted by atomic mass is 79.9. The number of hydrogen-bond acceptors (Lipinski definition) is 2. The summed E-state index contributed by atoms with van der Waals surface area (Å²) < 4.78 is 0.782. The lowest BCUT2D eigenvalue weighted by atomic mass is 10.3. The average molecular weight is 187 g/mol. The van der Waals surface area contributed by atoms with Crippen molar-refractivity contribution >= 4 is 27.3 Å². The fourth-order valence-electron chi connectivity index (χ4n) is 0.568. The van der Waals surface area contributed by atoms with Crippen LogP contribution in [0.2, 0.25) is 0 Å². The Morgan fingerprint density at radius 2 is 1.56 bits per heavy atom. The highest BCUT2D eigenvalue weighted by Gasteiger charge is 1.95. The van der Waals surface area contributed by atoms with Crippen LogP contribution in [0.4, 0.5) is 11.4 Å². The number of nitrogen functional groups attached to an aromatic ring is 2. The lowest BCUT2D eigenvalue weighted by Crippen LogP contribution is -1.91. The van der Waals surface area contributed by atoms with Gasteiger partial charge in [0.25, 0.3) is 0 Å². The lowest BCUT2D eigenvalue weighted by Gasteiger charge is -1.98. The van der Waals surface area contributed by atoms with E-state index in [-0.39, 0.29) is 0 Å². The minimum absolute atomic E-state index is 0.676. The molecule has 9 heavy (non-hydrogen) atoms. The smallest absolute Gasteiger partial charge is 0.0634 e. The van der Waals surface area contributed by atoms with Gasteiger partial charge in [-0.15, -0.1) is 0 Å². The zero-order chi connectivity index (χ0) is 6.85. The topological polar surface area (TPSA) is 52.0 Å². The normalized spacial score (nSPS) is 9.44. The van der Waals surface area contributed by atoms with Crippen LogP contribution < -0.4 is 11.5 Å². The van der Waals surface area contributed by atoms with Gasteiger partial charge in [-0.25, -0.2) is 0 Å². The van der Waals surface area contributed by atoms with Gasteiger partial charge in [-0.3, -0.25) is 0 Å². The van der Waals surface area contributed by atoms with Gasteiger partial charge < -0.3 is 11.5 Å². The summed E-state index contributed by atoms with van der Waals surface area (Å²) in [5, 5.41) is 0. The first-order valence-electron chi connectivity index (χ1n) is 2.51. The summed E-state index contributed by atoms with van der Waals surface area (Å²) in [4.78, 5) is 0. The largest absolute Gasteiger partial charge is 0.398 e. The molecule has 48 valence electrons. The van der Waals surface area contributed by atoms with E-state index in [1.54, 1.807) is 12.1 Å². The van der Waals surface area contributed by atoms with Crippen LogP contribution in [-0.2, 0) is 0 Å². The Bertz CT molecular complexity index is 202. The predicted molar refractivity (Wildman–Crippen MR) is 43.0 cm³/mol. The first-order valence-corrected chi connectivity index (χ1v) is 3.30. The van der Waals surface area contributed by atoms with E-state index >= 15 is 0 Å². The molecule has 2 nitrogen and oxygen atoms in total. The number of hydrogen-bond donors (Lipinski definition) is 2. The van der Waals surface area contributed by atoms with Crippen molar-refractivity contribution in [3.05, 3.63) is 22.7 Å².